The number of piperidine rings is 1. The highest BCUT2D eigenvalue weighted by Gasteiger charge is 2.26. The molecule has 0 aliphatic carbocycles. The maximum Gasteiger partial charge on any atom is 0.357 e. The van der Waals surface area contributed by atoms with Crippen molar-refractivity contribution in [2.45, 2.75) is 60.4 Å². The van der Waals surface area contributed by atoms with E-state index in [-0.39, 0.29) is 36.8 Å². The van der Waals surface area contributed by atoms with Gasteiger partial charge in [-0.3, -0.25) is 4.79 Å². The molecule has 38 heavy (non-hydrogen) atoms. The lowest BCUT2D eigenvalue weighted by atomic mass is 9.91. The van der Waals surface area contributed by atoms with Gasteiger partial charge in [0.05, 0.1) is 13.2 Å². The van der Waals surface area contributed by atoms with Gasteiger partial charge in [-0.15, -0.1) is 0 Å². The van der Waals surface area contributed by atoms with Crippen molar-refractivity contribution in [3.8, 4) is 11.1 Å². The number of aliphatic hydroxyl groups excluding tert-OH is 1. The van der Waals surface area contributed by atoms with Crippen LogP contribution in [0.4, 0.5) is 11.5 Å². The van der Waals surface area contributed by atoms with Gasteiger partial charge >= 0.3 is 5.97 Å². The number of carbonyl (C=O) groups is 2. The number of hydrogen-bond donors (Lipinski definition) is 4. The van der Waals surface area contributed by atoms with Gasteiger partial charge in [-0.1, -0.05) is 39.8 Å². The highest BCUT2D eigenvalue weighted by molar-refractivity contribution is 6.10. The molecule has 0 spiro atoms. The van der Waals surface area contributed by atoms with Crippen molar-refractivity contribution < 1.29 is 19.4 Å². The summed E-state index contributed by atoms with van der Waals surface area (Å²) in [5.74, 6) is -0.0305. The van der Waals surface area contributed by atoms with Crippen LogP contribution in [0.2, 0.25) is 0 Å². The number of nitrogens with zero attached hydrogens (tertiary/aromatic N) is 2. The molecule has 2 aromatic rings. The van der Waals surface area contributed by atoms with Gasteiger partial charge < -0.3 is 30.8 Å². The second kappa shape index (κ2) is 15.1. The van der Waals surface area contributed by atoms with E-state index in [1.165, 1.54) is 0 Å². The molecule has 0 radical (unpaired) electrons. The van der Waals surface area contributed by atoms with Crippen LogP contribution in [0.1, 0.15) is 70.4 Å². The Morgan fingerprint density at radius 3 is 2.34 bits per heavy atom. The molecule has 1 aliphatic heterocycles. The Balaban J connectivity index is 0.00000247. The molecule has 3 rings (SSSR count). The van der Waals surface area contributed by atoms with E-state index >= 15 is 0 Å². The Labute approximate surface area is 226 Å². The average Bonchev–Trinajstić information content (AvgIpc) is 2.93. The second-order valence-electron chi connectivity index (χ2n) is 9.22. The van der Waals surface area contributed by atoms with Crippen LogP contribution in [0.15, 0.2) is 30.3 Å². The van der Waals surface area contributed by atoms with E-state index in [1.807, 2.05) is 56.9 Å². The van der Waals surface area contributed by atoms with Crippen LogP contribution < -0.4 is 10.6 Å². The molecule has 208 valence electrons. The fraction of sp³-hybridized carbons (Fsp3) is 0.517. The van der Waals surface area contributed by atoms with E-state index in [0.717, 1.165) is 29.7 Å². The average molecular weight is 526 g/mol. The smallest absolute Gasteiger partial charge is 0.357 e. The molecule has 1 saturated heterocycles. The maximum atomic E-state index is 12.7. The lowest BCUT2D eigenvalue weighted by molar-refractivity contribution is -0.129. The van der Waals surface area contributed by atoms with Crippen molar-refractivity contribution in [1.29, 1.82) is 5.41 Å². The van der Waals surface area contributed by atoms with Crippen LogP contribution in [0, 0.1) is 11.3 Å². The number of esters is 1. The number of likely N-dealkylation sites (tertiary alicyclic amines) is 1. The first-order valence-electron chi connectivity index (χ1n) is 13.5. The molecule has 1 fully saturated rings. The minimum atomic E-state index is -0.517. The van der Waals surface area contributed by atoms with Gasteiger partial charge in [0.1, 0.15) is 5.82 Å². The second-order valence-corrected chi connectivity index (χ2v) is 9.22. The van der Waals surface area contributed by atoms with Crippen LogP contribution >= 0.6 is 0 Å². The Bertz CT molecular complexity index is 1080. The zero-order chi connectivity index (χ0) is 28.2. The van der Waals surface area contributed by atoms with Gasteiger partial charge in [0.15, 0.2) is 5.69 Å². The first kappa shape index (κ1) is 30.8. The van der Waals surface area contributed by atoms with Gasteiger partial charge in [-0.25, -0.2) is 9.78 Å². The summed E-state index contributed by atoms with van der Waals surface area (Å²) >= 11 is 0. The normalized spacial score (nSPS) is 13.4. The number of nitrogens with one attached hydrogen (secondary N) is 3. The summed E-state index contributed by atoms with van der Waals surface area (Å²) in [6.07, 6.45) is 1.50. The molecule has 1 aromatic carbocycles. The molecule has 2 heterocycles. The molecule has 0 saturated carbocycles. The summed E-state index contributed by atoms with van der Waals surface area (Å²) < 4.78 is 5.25. The van der Waals surface area contributed by atoms with Gasteiger partial charge in [0, 0.05) is 49.6 Å². The number of anilines is 2. The lowest BCUT2D eigenvalue weighted by Crippen LogP contribution is -2.41. The summed E-state index contributed by atoms with van der Waals surface area (Å²) in [7, 11) is 0. The van der Waals surface area contributed by atoms with Crippen molar-refractivity contribution in [2.24, 2.45) is 5.92 Å². The highest BCUT2D eigenvalue weighted by atomic mass is 16.5. The van der Waals surface area contributed by atoms with Crippen LogP contribution in [0.25, 0.3) is 11.1 Å². The zero-order valence-corrected chi connectivity index (χ0v) is 23.6. The zero-order valence-electron chi connectivity index (χ0n) is 23.6. The van der Waals surface area contributed by atoms with Crippen molar-refractivity contribution >= 4 is 29.1 Å². The number of aromatic nitrogens is 1. The summed E-state index contributed by atoms with van der Waals surface area (Å²) in [6, 6.07) is 9.42. The van der Waals surface area contributed by atoms with Gasteiger partial charge in [0.2, 0.25) is 5.91 Å². The maximum absolute atomic E-state index is 12.7. The number of rotatable bonds is 10. The Hall–Kier alpha value is -3.46. The summed E-state index contributed by atoms with van der Waals surface area (Å²) in [5, 5.41) is 24.6. The molecular weight excluding hydrogens is 482 g/mol. The topological polar surface area (TPSA) is 128 Å². The van der Waals surface area contributed by atoms with E-state index in [2.05, 4.69) is 15.6 Å². The Kier molecular flexibility index (Phi) is 12.2. The number of ether oxygens (including phenoxy) is 1. The predicted molar refractivity (Wildman–Crippen MR) is 153 cm³/mol. The number of amides is 1. The highest BCUT2D eigenvalue weighted by Crippen LogP contribution is 2.33. The van der Waals surface area contributed by atoms with E-state index in [1.54, 1.807) is 19.9 Å². The minimum Gasteiger partial charge on any atom is -0.461 e. The standard InChI is InChI=1S/C27H37N5O4.C2H6/c1-5-36-27(35)23-16-22(19-6-8-20(9-7-19)29-12-15-33)24(25(28)17(2)3)26(31-23)30-21-10-13-32(14-11-21)18(4)34;1-2/h6-9,16-17,21,28-29,33H,5,10-15H2,1-4H3,(H,30,31);1-2H3. The first-order chi connectivity index (χ1) is 18.2. The third-order valence-corrected chi connectivity index (χ3v) is 6.27. The molecule has 1 aliphatic rings. The number of pyridine rings is 1. The molecule has 0 atom stereocenters. The predicted octanol–water partition coefficient (Wildman–Crippen LogP) is 4.80. The monoisotopic (exact) mass is 525 g/mol. The number of carbonyl (C=O) groups excluding carboxylic acids is 2. The Morgan fingerprint density at radius 1 is 1.18 bits per heavy atom. The van der Waals surface area contributed by atoms with Crippen molar-refractivity contribution in [3.05, 3.63) is 41.6 Å². The summed E-state index contributed by atoms with van der Waals surface area (Å²) in [4.78, 5) is 30.9. The number of benzene rings is 1. The molecular formula is C29H43N5O4. The largest absolute Gasteiger partial charge is 0.461 e. The molecule has 9 heteroatoms. The van der Waals surface area contributed by atoms with Gasteiger partial charge in [-0.2, -0.15) is 0 Å². The van der Waals surface area contributed by atoms with E-state index < -0.39 is 5.97 Å². The Morgan fingerprint density at radius 2 is 1.82 bits per heavy atom. The van der Waals surface area contributed by atoms with E-state index in [9.17, 15) is 9.59 Å². The SMILES string of the molecule is CC.CCOC(=O)c1cc(-c2ccc(NCCO)cc2)c(C(=N)C(C)C)c(NC2CCN(C(C)=O)CC2)n1. The van der Waals surface area contributed by atoms with Crippen molar-refractivity contribution in [2.75, 3.05) is 43.5 Å². The van der Waals surface area contributed by atoms with Crippen LogP contribution in [0.3, 0.4) is 0 Å². The number of aliphatic hydroxyl groups is 1. The third-order valence-electron chi connectivity index (χ3n) is 6.27. The molecule has 4 N–H and O–H groups in total. The minimum absolute atomic E-state index is 0.0328. The summed E-state index contributed by atoms with van der Waals surface area (Å²) in [5.41, 5.74) is 3.68. The summed E-state index contributed by atoms with van der Waals surface area (Å²) in [6.45, 7) is 13.3. The first-order valence-corrected chi connectivity index (χ1v) is 13.5. The van der Waals surface area contributed by atoms with Crippen LogP contribution in [-0.4, -0.2) is 71.5 Å². The lowest BCUT2D eigenvalue weighted by Gasteiger charge is -2.32. The van der Waals surface area contributed by atoms with Crippen molar-refractivity contribution in [1.82, 2.24) is 9.88 Å². The molecule has 0 bridgehead atoms. The van der Waals surface area contributed by atoms with Gasteiger partial charge in [-0.05, 0) is 55.0 Å². The molecule has 0 unspecified atom stereocenters. The number of hydrogen-bond acceptors (Lipinski definition) is 8. The van der Waals surface area contributed by atoms with E-state index in [0.29, 0.717) is 36.7 Å². The van der Waals surface area contributed by atoms with Crippen LogP contribution in [0.5, 0.6) is 0 Å². The third kappa shape index (κ3) is 8.02. The van der Waals surface area contributed by atoms with Gasteiger partial charge in [0.25, 0.3) is 0 Å². The molecule has 1 amide bonds. The quantitative estimate of drug-likeness (QED) is 0.259. The molecule has 1 aromatic heterocycles. The van der Waals surface area contributed by atoms with Crippen molar-refractivity contribution in [3.63, 3.8) is 0 Å². The fourth-order valence-corrected chi connectivity index (χ4v) is 4.25. The molecule has 9 nitrogen and oxygen atoms in total. The van der Waals surface area contributed by atoms with Crippen LogP contribution in [-0.2, 0) is 9.53 Å². The fourth-order valence-electron chi connectivity index (χ4n) is 4.25. The van der Waals surface area contributed by atoms with E-state index in [4.69, 9.17) is 15.3 Å².